The van der Waals surface area contributed by atoms with Crippen molar-refractivity contribution in [1.82, 2.24) is 19.9 Å². The van der Waals surface area contributed by atoms with Gasteiger partial charge in [-0.3, -0.25) is 0 Å². The molecule has 0 unspecified atom stereocenters. The van der Waals surface area contributed by atoms with Crippen LogP contribution in [0.3, 0.4) is 0 Å². The number of rotatable bonds is 2. The van der Waals surface area contributed by atoms with Crippen molar-refractivity contribution < 1.29 is 17.9 Å². The molecule has 28 heavy (non-hydrogen) atoms. The number of aromatic nitrogens is 4. The van der Waals surface area contributed by atoms with E-state index in [-0.39, 0.29) is 22.2 Å². The quantitative estimate of drug-likeness (QED) is 0.336. The summed E-state index contributed by atoms with van der Waals surface area (Å²) in [4.78, 5) is 15.1. The van der Waals surface area contributed by atoms with E-state index < -0.39 is 11.7 Å². The minimum atomic E-state index is -4.37. The monoisotopic (exact) mass is 450 g/mol. The normalized spacial score (nSPS) is 10.9. The van der Waals surface area contributed by atoms with Crippen molar-refractivity contribution >= 4 is 34.8 Å². The van der Waals surface area contributed by atoms with Gasteiger partial charge in [-0.05, 0) is 67.4 Å². The number of benzene rings is 1. The zero-order valence-corrected chi connectivity index (χ0v) is 16.7. The molecule has 0 N–H and O–H groups in total. The van der Waals surface area contributed by atoms with Gasteiger partial charge in [-0.15, -0.1) is 0 Å². The second-order valence-corrected chi connectivity index (χ2v) is 6.41. The Morgan fingerprint density at radius 2 is 1.32 bits per heavy atom. The Hall–Kier alpha value is -2.16. The Labute approximate surface area is 173 Å². The molecule has 0 saturated heterocycles. The smallest absolute Gasteiger partial charge is 0.416 e. The SMILES string of the molecule is Cc1cc(Cl)nc(Cl)n1.Cc1cc(Oc2ccc(C(F)(F)F)cc2)nc(Cl)n1. The van der Waals surface area contributed by atoms with Gasteiger partial charge in [0.05, 0.1) is 5.56 Å². The molecule has 0 fully saturated rings. The number of ether oxygens (including phenoxy) is 1. The van der Waals surface area contributed by atoms with Crippen LogP contribution >= 0.6 is 34.8 Å². The van der Waals surface area contributed by atoms with Gasteiger partial charge >= 0.3 is 6.18 Å². The van der Waals surface area contributed by atoms with Crippen molar-refractivity contribution in [1.29, 1.82) is 0 Å². The fourth-order valence-electron chi connectivity index (χ4n) is 1.89. The van der Waals surface area contributed by atoms with E-state index in [0.717, 1.165) is 17.8 Å². The van der Waals surface area contributed by atoms with Crippen LogP contribution in [0.4, 0.5) is 13.2 Å². The molecule has 5 nitrogen and oxygen atoms in total. The predicted molar refractivity (Wildman–Crippen MR) is 100 cm³/mol. The van der Waals surface area contributed by atoms with Crippen LogP contribution in [0, 0.1) is 13.8 Å². The standard InChI is InChI=1S/C12H8ClF3N2O.C5H4Cl2N2/c1-7-6-10(18-11(13)17-7)19-9-4-2-8(3-5-9)12(14,15)16;1-3-2-4(6)9-5(7)8-3/h2-6H,1H3;2H,1H3. The Morgan fingerprint density at radius 3 is 1.79 bits per heavy atom. The number of alkyl halides is 3. The lowest BCUT2D eigenvalue weighted by molar-refractivity contribution is -0.137. The van der Waals surface area contributed by atoms with Gasteiger partial charge in [0.15, 0.2) is 0 Å². The fourth-order valence-corrected chi connectivity index (χ4v) is 2.61. The van der Waals surface area contributed by atoms with Crippen molar-refractivity contribution in [3.8, 4) is 11.6 Å². The first-order chi connectivity index (χ1) is 13.0. The van der Waals surface area contributed by atoms with Crippen LogP contribution < -0.4 is 4.74 Å². The lowest BCUT2D eigenvalue weighted by atomic mass is 10.2. The molecule has 0 aliphatic carbocycles. The number of nitrogens with zero attached hydrogens (tertiary/aromatic N) is 4. The molecule has 0 radical (unpaired) electrons. The van der Waals surface area contributed by atoms with Gasteiger partial charge < -0.3 is 4.74 Å². The van der Waals surface area contributed by atoms with Crippen LogP contribution in [0.2, 0.25) is 15.7 Å². The van der Waals surface area contributed by atoms with E-state index in [2.05, 4.69) is 19.9 Å². The van der Waals surface area contributed by atoms with Gasteiger partial charge in [0.2, 0.25) is 16.4 Å². The highest BCUT2D eigenvalue weighted by Crippen LogP contribution is 2.31. The van der Waals surface area contributed by atoms with Gasteiger partial charge in [0, 0.05) is 17.5 Å². The average Bonchev–Trinajstić information content (AvgIpc) is 2.52. The van der Waals surface area contributed by atoms with Crippen molar-refractivity contribution in [2.75, 3.05) is 0 Å². The third kappa shape index (κ3) is 7.10. The van der Waals surface area contributed by atoms with E-state index in [1.165, 1.54) is 18.2 Å². The molecule has 3 rings (SSSR count). The molecule has 2 aromatic heterocycles. The summed E-state index contributed by atoms with van der Waals surface area (Å²) < 4.78 is 42.4. The van der Waals surface area contributed by atoms with Gasteiger partial charge in [-0.1, -0.05) is 11.6 Å². The van der Waals surface area contributed by atoms with Gasteiger partial charge in [0.25, 0.3) is 0 Å². The summed E-state index contributed by atoms with van der Waals surface area (Å²) in [6, 6.07) is 7.48. The van der Waals surface area contributed by atoms with Crippen LogP contribution in [0.5, 0.6) is 11.6 Å². The summed E-state index contributed by atoms with van der Waals surface area (Å²) in [5, 5.41) is 0.592. The summed E-state index contributed by atoms with van der Waals surface area (Å²) >= 11 is 16.6. The molecule has 148 valence electrons. The van der Waals surface area contributed by atoms with Crippen LogP contribution in [-0.4, -0.2) is 19.9 Å². The number of hydrogen-bond donors (Lipinski definition) is 0. The number of halogens is 6. The summed E-state index contributed by atoms with van der Waals surface area (Å²) in [6.07, 6.45) is -4.37. The first-order valence-electron chi connectivity index (χ1n) is 7.56. The first-order valence-corrected chi connectivity index (χ1v) is 8.69. The number of hydrogen-bond acceptors (Lipinski definition) is 5. The topological polar surface area (TPSA) is 60.8 Å². The largest absolute Gasteiger partial charge is 0.439 e. The predicted octanol–water partition coefficient (Wildman–Crippen LogP) is 6.34. The summed E-state index contributed by atoms with van der Waals surface area (Å²) in [5.41, 5.74) is 0.638. The van der Waals surface area contributed by atoms with Crippen LogP contribution in [0.1, 0.15) is 17.0 Å². The van der Waals surface area contributed by atoms with Crippen LogP contribution in [0.15, 0.2) is 36.4 Å². The highest BCUT2D eigenvalue weighted by molar-refractivity contribution is 6.31. The molecule has 3 aromatic rings. The Kier molecular flexibility index (Phi) is 7.40. The zero-order valence-electron chi connectivity index (χ0n) is 14.4. The molecular formula is C17H12Cl3F3N4O. The van der Waals surface area contributed by atoms with Gasteiger partial charge in [0.1, 0.15) is 10.9 Å². The van der Waals surface area contributed by atoms with E-state index in [1.54, 1.807) is 19.9 Å². The van der Waals surface area contributed by atoms with Gasteiger partial charge in [-0.2, -0.15) is 18.2 Å². The minimum Gasteiger partial charge on any atom is -0.439 e. The molecule has 0 aliphatic heterocycles. The van der Waals surface area contributed by atoms with Crippen molar-refractivity contribution in [3.63, 3.8) is 0 Å². The maximum Gasteiger partial charge on any atom is 0.416 e. The maximum absolute atomic E-state index is 12.4. The van der Waals surface area contributed by atoms with Crippen LogP contribution in [-0.2, 0) is 6.18 Å². The Balaban J connectivity index is 0.000000261. The summed E-state index contributed by atoms with van der Waals surface area (Å²) in [6.45, 7) is 3.51. The third-order valence-electron chi connectivity index (χ3n) is 3.00. The van der Waals surface area contributed by atoms with E-state index in [0.29, 0.717) is 10.8 Å². The molecule has 11 heteroatoms. The highest BCUT2D eigenvalue weighted by Gasteiger charge is 2.30. The molecule has 0 spiro atoms. The molecule has 0 bridgehead atoms. The Bertz CT molecular complexity index is 883. The zero-order chi connectivity index (χ0) is 20.9. The molecule has 0 saturated carbocycles. The highest BCUT2D eigenvalue weighted by atomic mass is 35.5. The second-order valence-electron chi connectivity index (χ2n) is 5.34. The lowest BCUT2D eigenvalue weighted by Crippen LogP contribution is -2.04. The molecule has 0 aliphatic rings. The summed E-state index contributed by atoms with van der Waals surface area (Å²) in [7, 11) is 0. The molecule has 1 aromatic carbocycles. The first kappa shape index (κ1) is 22.1. The summed E-state index contributed by atoms with van der Waals surface area (Å²) in [5.74, 6) is 0.416. The minimum absolute atomic E-state index is 0.0157. The molecular weight excluding hydrogens is 440 g/mol. The van der Waals surface area contributed by atoms with E-state index in [4.69, 9.17) is 39.5 Å². The molecule has 0 amide bonds. The van der Waals surface area contributed by atoms with E-state index in [1.807, 2.05) is 0 Å². The third-order valence-corrected chi connectivity index (χ3v) is 3.53. The van der Waals surface area contributed by atoms with Crippen LogP contribution in [0.25, 0.3) is 0 Å². The molecule has 2 heterocycles. The average molecular weight is 452 g/mol. The fraction of sp³-hybridized carbons (Fsp3) is 0.176. The Morgan fingerprint density at radius 1 is 0.786 bits per heavy atom. The van der Waals surface area contributed by atoms with E-state index in [9.17, 15) is 13.2 Å². The molecule has 0 atom stereocenters. The maximum atomic E-state index is 12.4. The second kappa shape index (κ2) is 9.36. The van der Waals surface area contributed by atoms with Crippen molar-refractivity contribution in [3.05, 3.63) is 69.1 Å². The van der Waals surface area contributed by atoms with E-state index >= 15 is 0 Å². The van der Waals surface area contributed by atoms with Gasteiger partial charge in [-0.25, -0.2) is 15.0 Å². The number of aryl methyl sites for hydroxylation is 2. The lowest BCUT2D eigenvalue weighted by Gasteiger charge is -2.08. The van der Waals surface area contributed by atoms with Crippen molar-refractivity contribution in [2.24, 2.45) is 0 Å². The van der Waals surface area contributed by atoms with Crippen molar-refractivity contribution in [2.45, 2.75) is 20.0 Å².